The predicted molar refractivity (Wildman–Crippen MR) is 110 cm³/mol. The van der Waals surface area contributed by atoms with Crippen molar-refractivity contribution in [3.8, 4) is 0 Å². The van der Waals surface area contributed by atoms with Crippen LogP contribution in [0.1, 0.15) is 24.3 Å². The van der Waals surface area contributed by atoms with Crippen LogP contribution in [-0.2, 0) is 14.8 Å². The Hall–Kier alpha value is -2.79. The number of nitrogens with one attached hydrogen (secondary N) is 1. The van der Waals surface area contributed by atoms with Gasteiger partial charge in [-0.25, -0.2) is 17.2 Å². The number of hydrogen-bond acceptors (Lipinski definition) is 6. The molecule has 0 spiro atoms. The first-order valence-electron chi connectivity index (χ1n) is 9.66. The van der Waals surface area contributed by atoms with Crippen LogP contribution in [0.15, 0.2) is 33.8 Å². The number of carbonyl (C=O) groups is 1. The van der Waals surface area contributed by atoms with Gasteiger partial charge < -0.3 is 14.7 Å². The van der Waals surface area contributed by atoms with E-state index in [1.54, 1.807) is 25.2 Å². The molecule has 1 aliphatic rings. The van der Waals surface area contributed by atoms with Gasteiger partial charge in [-0.3, -0.25) is 4.79 Å². The summed E-state index contributed by atoms with van der Waals surface area (Å²) in [6.07, 6.45) is 4.05. The Bertz CT molecular complexity index is 1100. The summed E-state index contributed by atoms with van der Waals surface area (Å²) < 4.78 is 59.9. The number of rotatable bonds is 6. The van der Waals surface area contributed by atoms with Crippen LogP contribution in [0.5, 0.6) is 0 Å². The molecule has 1 fully saturated rings. The molecule has 0 radical (unpaired) electrons. The minimum absolute atomic E-state index is 0.0452. The Kier molecular flexibility index (Phi) is 6.75. The summed E-state index contributed by atoms with van der Waals surface area (Å²) in [4.78, 5) is 14.3. The number of hydrogen-bond donors (Lipinski definition) is 1. The Balaban J connectivity index is 1.80. The van der Waals surface area contributed by atoms with Gasteiger partial charge in [0.1, 0.15) is 17.3 Å². The van der Waals surface area contributed by atoms with Crippen LogP contribution < -0.4 is 5.32 Å². The molecule has 8 nitrogen and oxygen atoms in total. The summed E-state index contributed by atoms with van der Waals surface area (Å²) in [6.45, 7) is 1.70. The fraction of sp³-hybridized carbons (Fsp3) is 0.400. The largest absolute Gasteiger partial charge is 0.383 e. The number of benzene rings is 1. The van der Waals surface area contributed by atoms with Crippen molar-refractivity contribution < 1.29 is 26.5 Å². The van der Waals surface area contributed by atoms with Crippen LogP contribution in [0, 0.1) is 24.5 Å². The SMILES string of the molecule is Cc1noc(/C=C/N(C)C)c1S(=O)(=O)N1CCC[C@H](C(=O)Nc2ccc(F)cc2F)C1. The second-order valence-corrected chi connectivity index (χ2v) is 9.43. The molecule has 0 unspecified atom stereocenters. The maximum Gasteiger partial charge on any atom is 0.248 e. The summed E-state index contributed by atoms with van der Waals surface area (Å²) in [5.41, 5.74) is 0.0655. The fourth-order valence-corrected chi connectivity index (χ4v) is 5.12. The minimum Gasteiger partial charge on any atom is -0.383 e. The zero-order valence-corrected chi connectivity index (χ0v) is 18.2. The highest BCUT2D eigenvalue weighted by Gasteiger charge is 2.37. The molecule has 1 aromatic carbocycles. The molecule has 168 valence electrons. The predicted octanol–water partition coefficient (Wildman–Crippen LogP) is 2.83. The molecule has 1 aliphatic heterocycles. The van der Waals surface area contributed by atoms with Crippen molar-refractivity contribution in [2.45, 2.75) is 24.7 Å². The molecule has 0 aliphatic carbocycles. The van der Waals surface area contributed by atoms with Crippen molar-refractivity contribution in [3.63, 3.8) is 0 Å². The molecule has 31 heavy (non-hydrogen) atoms. The van der Waals surface area contributed by atoms with Gasteiger partial charge in [0.25, 0.3) is 0 Å². The van der Waals surface area contributed by atoms with E-state index in [1.807, 2.05) is 0 Å². The van der Waals surface area contributed by atoms with Gasteiger partial charge in [-0.05, 0) is 31.9 Å². The molecule has 2 heterocycles. The average Bonchev–Trinajstić information content (AvgIpc) is 3.09. The summed E-state index contributed by atoms with van der Waals surface area (Å²) in [5, 5.41) is 6.20. The second kappa shape index (κ2) is 9.15. The number of anilines is 1. The molecular formula is C20H24F2N4O4S. The highest BCUT2D eigenvalue weighted by atomic mass is 32.2. The van der Waals surface area contributed by atoms with Crippen LogP contribution in [0.2, 0.25) is 0 Å². The van der Waals surface area contributed by atoms with E-state index in [-0.39, 0.29) is 35.1 Å². The molecular weight excluding hydrogens is 430 g/mol. The molecule has 3 rings (SSSR count). The number of aryl methyl sites for hydroxylation is 1. The van der Waals surface area contributed by atoms with E-state index in [4.69, 9.17) is 4.52 Å². The topological polar surface area (TPSA) is 95.8 Å². The van der Waals surface area contributed by atoms with Crippen LogP contribution in [0.4, 0.5) is 14.5 Å². The number of nitrogens with zero attached hydrogens (tertiary/aromatic N) is 3. The lowest BCUT2D eigenvalue weighted by Crippen LogP contribution is -2.44. The van der Waals surface area contributed by atoms with E-state index >= 15 is 0 Å². The van der Waals surface area contributed by atoms with E-state index in [0.29, 0.717) is 18.9 Å². The van der Waals surface area contributed by atoms with Crippen molar-refractivity contribution >= 4 is 27.7 Å². The summed E-state index contributed by atoms with van der Waals surface area (Å²) in [6, 6.07) is 2.84. The van der Waals surface area contributed by atoms with Gasteiger partial charge in [0.2, 0.25) is 15.9 Å². The van der Waals surface area contributed by atoms with Crippen molar-refractivity contribution in [2.75, 3.05) is 32.5 Å². The number of aromatic nitrogens is 1. The Morgan fingerprint density at radius 2 is 2.10 bits per heavy atom. The lowest BCUT2D eigenvalue weighted by atomic mass is 9.98. The lowest BCUT2D eigenvalue weighted by Gasteiger charge is -2.31. The third-order valence-electron chi connectivity index (χ3n) is 4.90. The number of halogens is 2. The van der Waals surface area contributed by atoms with E-state index < -0.39 is 33.5 Å². The van der Waals surface area contributed by atoms with E-state index in [2.05, 4.69) is 10.5 Å². The lowest BCUT2D eigenvalue weighted by molar-refractivity contribution is -0.120. The third-order valence-corrected chi connectivity index (χ3v) is 6.92. The first-order chi connectivity index (χ1) is 14.6. The quantitative estimate of drug-likeness (QED) is 0.721. The van der Waals surface area contributed by atoms with Crippen LogP contribution in [-0.4, -0.2) is 55.9 Å². The van der Waals surface area contributed by atoms with E-state index in [9.17, 15) is 22.0 Å². The standard InChI is InChI=1S/C20H24F2N4O4S/c1-13-19(18(30-24-13)8-10-25(2)3)31(28,29)26-9-4-5-14(12-26)20(27)23-17-7-6-15(21)11-16(17)22/h6-8,10-11,14H,4-5,9,12H2,1-3H3,(H,23,27)/b10-8+/t14-/m0/s1. The molecule has 1 saturated heterocycles. The second-order valence-electron chi connectivity index (χ2n) is 7.56. The molecule has 11 heteroatoms. The fourth-order valence-electron chi connectivity index (χ4n) is 3.34. The van der Waals surface area contributed by atoms with Gasteiger partial charge in [-0.2, -0.15) is 4.31 Å². The van der Waals surface area contributed by atoms with Gasteiger partial charge in [0.15, 0.2) is 10.7 Å². The van der Waals surface area contributed by atoms with E-state index in [1.165, 1.54) is 17.3 Å². The third kappa shape index (κ3) is 5.10. The number of piperidine rings is 1. The minimum atomic E-state index is -3.98. The van der Waals surface area contributed by atoms with Crippen molar-refractivity contribution in [1.82, 2.24) is 14.4 Å². The van der Waals surface area contributed by atoms with Crippen LogP contribution in [0.25, 0.3) is 6.08 Å². The maximum absolute atomic E-state index is 13.9. The number of carbonyl (C=O) groups excluding carboxylic acids is 1. The van der Waals surface area contributed by atoms with Gasteiger partial charge in [-0.15, -0.1) is 0 Å². The first-order valence-corrected chi connectivity index (χ1v) is 11.1. The monoisotopic (exact) mass is 454 g/mol. The highest BCUT2D eigenvalue weighted by Crippen LogP contribution is 2.29. The van der Waals surface area contributed by atoms with Crippen molar-refractivity contribution in [2.24, 2.45) is 5.92 Å². The highest BCUT2D eigenvalue weighted by molar-refractivity contribution is 7.89. The molecule has 2 aromatic rings. The Morgan fingerprint density at radius 3 is 2.77 bits per heavy atom. The summed E-state index contributed by atoms with van der Waals surface area (Å²) >= 11 is 0. The zero-order valence-electron chi connectivity index (χ0n) is 17.4. The van der Waals surface area contributed by atoms with Crippen LogP contribution in [0.3, 0.4) is 0 Å². The molecule has 1 atom stereocenters. The Labute approximate surface area is 179 Å². The summed E-state index contributed by atoms with van der Waals surface area (Å²) in [5.74, 6) is -2.76. The molecule has 0 saturated carbocycles. The van der Waals surface area contributed by atoms with Gasteiger partial charge >= 0.3 is 0 Å². The summed E-state index contributed by atoms with van der Waals surface area (Å²) in [7, 11) is -0.410. The van der Waals surface area contributed by atoms with Gasteiger partial charge in [-0.1, -0.05) is 5.16 Å². The van der Waals surface area contributed by atoms with Gasteiger partial charge in [0, 0.05) is 45.5 Å². The Morgan fingerprint density at radius 1 is 1.35 bits per heavy atom. The van der Waals surface area contributed by atoms with E-state index in [0.717, 1.165) is 12.1 Å². The van der Waals surface area contributed by atoms with Crippen molar-refractivity contribution in [3.05, 3.63) is 47.5 Å². The molecule has 1 aromatic heterocycles. The first kappa shape index (κ1) is 22.9. The van der Waals surface area contributed by atoms with Crippen LogP contribution >= 0.6 is 0 Å². The maximum atomic E-state index is 13.9. The molecule has 1 N–H and O–H groups in total. The average molecular weight is 454 g/mol. The smallest absolute Gasteiger partial charge is 0.248 e. The number of sulfonamides is 1. The zero-order chi connectivity index (χ0) is 22.8. The molecule has 0 bridgehead atoms. The van der Waals surface area contributed by atoms with Gasteiger partial charge in [0.05, 0.1) is 11.6 Å². The normalized spacial score (nSPS) is 17.8. The number of amides is 1. The van der Waals surface area contributed by atoms with Crippen molar-refractivity contribution in [1.29, 1.82) is 0 Å². The molecule has 1 amide bonds.